The minimum atomic E-state index is -0.665. The van der Waals surface area contributed by atoms with Crippen LogP contribution in [0.4, 0.5) is 0 Å². The Hall–Kier alpha value is -1.31. The van der Waals surface area contributed by atoms with E-state index in [0.717, 1.165) is 37.7 Å². The number of aliphatic carboxylic acids is 1. The number of hydrogen-bond acceptors (Lipinski definition) is 1. The van der Waals surface area contributed by atoms with Crippen LogP contribution in [0.1, 0.15) is 43.7 Å². The van der Waals surface area contributed by atoms with E-state index >= 15 is 0 Å². The first-order chi connectivity index (χ1) is 7.69. The van der Waals surface area contributed by atoms with Crippen molar-refractivity contribution in [3.63, 3.8) is 0 Å². The summed E-state index contributed by atoms with van der Waals surface area (Å²) in [5, 5.41) is 9.31. The predicted octanol–water partition coefficient (Wildman–Crippen LogP) is 3.15. The molecule has 0 saturated heterocycles. The first kappa shape index (κ1) is 11.2. The number of hydrogen-bond donors (Lipinski definition) is 1. The quantitative estimate of drug-likeness (QED) is 0.843. The minimum absolute atomic E-state index is 0.579. The average molecular weight is 218 g/mol. The van der Waals surface area contributed by atoms with Gasteiger partial charge in [-0.05, 0) is 30.4 Å². The van der Waals surface area contributed by atoms with Crippen molar-refractivity contribution >= 4 is 5.97 Å². The summed E-state index contributed by atoms with van der Waals surface area (Å²) in [4.78, 5) is 11.3. The molecule has 0 amide bonds. The van der Waals surface area contributed by atoms with E-state index in [2.05, 4.69) is 19.1 Å². The van der Waals surface area contributed by atoms with Crippen LogP contribution in [0, 0.1) is 0 Å². The van der Waals surface area contributed by atoms with Gasteiger partial charge in [-0.3, -0.25) is 4.79 Å². The van der Waals surface area contributed by atoms with Crippen LogP contribution >= 0.6 is 0 Å². The van der Waals surface area contributed by atoms with Crippen molar-refractivity contribution < 1.29 is 9.90 Å². The third-order valence-corrected chi connectivity index (χ3v) is 3.66. The van der Waals surface area contributed by atoms with Crippen LogP contribution in [-0.4, -0.2) is 11.1 Å². The van der Waals surface area contributed by atoms with E-state index in [4.69, 9.17) is 0 Å². The second kappa shape index (κ2) is 4.28. The lowest BCUT2D eigenvalue weighted by Gasteiger charge is -2.38. The van der Waals surface area contributed by atoms with Crippen molar-refractivity contribution in [3.8, 4) is 0 Å². The van der Waals surface area contributed by atoms with Gasteiger partial charge in [-0.15, -0.1) is 0 Å². The lowest BCUT2D eigenvalue weighted by molar-refractivity contribution is -0.147. The van der Waals surface area contributed by atoms with Gasteiger partial charge in [0.1, 0.15) is 0 Å². The molecule has 2 nitrogen and oxygen atoms in total. The Morgan fingerprint density at radius 1 is 1.31 bits per heavy atom. The molecule has 0 unspecified atom stereocenters. The zero-order valence-corrected chi connectivity index (χ0v) is 9.70. The molecule has 1 aliphatic carbocycles. The van der Waals surface area contributed by atoms with Gasteiger partial charge >= 0.3 is 5.97 Å². The Bertz CT molecular complexity index is 374. The van der Waals surface area contributed by atoms with Gasteiger partial charge in [0.2, 0.25) is 0 Å². The highest BCUT2D eigenvalue weighted by atomic mass is 16.4. The summed E-state index contributed by atoms with van der Waals surface area (Å²) in [5.41, 5.74) is 1.70. The largest absolute Gasteiger partial charge is 0.481 e. The lowest BCUT2D eigenvalue weighted by Crippen LogP contribution is -2.42. The molecular formula is C14H18O2. The van der Waals surface area contributed by atoms with Crippen LogP contribution in [0.5, 0.6) is 0 Å². The van der Waals surface area contributed by atoms with Crippen LogP contribution < -0.4 is 0 Å². The van der Waals surface area contributed by atoms with E-state index in [9.17, 15) is 9.90 Å². The molecule has 1 aromatic rings. The highest BCUT2D eigenvalue weighted by Gasteiger charge is 2.45. The van der Waals surface area contributed by atoms with Crippen LogP contribution in [0.15, 0.2) is 24.3 Å². The normalized spacial score (nSPS) is 17.8. The molecule has 0 heterocycles. The number of carbonyl (C=O) groups is 1. The highest BCUT2D eigenvalue weighted by Crippen LogP contribution is 2.43. The smallest absolute Gasteiger partial charge is 0.314 e. The van der Waals surface area contributed by atoms with Crippen molar-refractivity contribution in [3.05, 3.63) is 35.4 Å². The van der Waals surface area contributed by atoms with Crippen molar-refractivity contribution in [1.29, 1.82) is 0 Å². The lowest BCUT2D eigenvalue weighted by atomic mass is 9.64. The fourth-order valence-corrected chi connectivity index (χ4v) is 2.44. The Morgan fingerprint density at radius 2 is 1.94 bits per heavy atom. The van der Waals surface area contributed by atoms with Crippen molar-refractivity contribution in [1.82, 2.24) is 0 Å². The molecule has 1 fully saturated rings. The summed E-state index contributed by atoms with van der Waals surface area (Å²) in [7, 11) is 0. The summed E-state index contributed by atoms with van der Waals surface area (Å²) in [6.07, 6.45) is 4.80. The Balaban J connectivity index is 2.23. The Labute approximate surface area is 96.3 Å². The van der Waals surface area contributed by atoms with Gasteiger partial charge < -0.3 is 5.11 Å². The molecule has 1 N–H and O–H groups in total. The second-order valence-corrected chi connectivity index (χ2v) is 4.69. The summed E-state index contributed by atoms with van der Waals surface area (Å²) in [6.45, 7) is 2.15. The summed E-state index contributed by atoms with van der Waals surface area (Å²) < 4.78 is 0. The van der Waals surface area contributed by atoms with E-state index in [1.807, 2.05) is 12.1 Å². The molecule has 1 saturated carbocycles. The van der Waals surface area contributed by atoms with Gasteiger partial charge in [0.15, 0.2) is 0 Å². The maximum absolute atomic E-state index is 11.3. The van der Waals surface area contributed by atoms with Gasteiger partial charge in [0.25, 0.3) is 0 Å². The zero-order chi connectivity index (χ0) is 11.6. The maximum atomic E-state index is 11.3. The summed E-state index contributed by atoms with van der Waals surface area (Å²) >= 11 is 0. The number of benzene rings is 1. The summed E-state index contributed by atoms with van der Waals surface area (Å²) in [5.74, 6) is -0.665. The van der Waals surface area contributed by atoms with Crippen LogP contribution in [-0.2, 0) is 16.6 Å². The molecule has 0 spiro atoms. The molecule has 1 aliphatic rings. The molecule has 86 valence electrons. The van der Waals surface area contributed by atoms with Gasteiger partial charge in [0, 0.05) is 0 Å². The molecular weight excluding hydrogens is 200 g/mol. The molecule has 0 bridgehead atoms. The third kappa shape index (κ3) is 1.73. The molecule has 16 heavy (non-hydrogen) atoms. The number of carboxylic acids is 1. The number of rotatable bonds is 4. The second-order valence-electron chi connectivity index (χ2n) is 4.69. The van der Waals surface area contributed by atoms with Gasteiger partial charge in [-0.25, -0.2) is 0 Å². The molecule has 0 aromatic heterocycles. The number of aryl methyl sites for hydroxylation is 1. The molecule has 0 radical (unpaired) electrons. The third-order valence-electron chi connectivity index (χ3n) is 3.66. The highest BCUT2D eigenvalue weighted by molar-refractivity contribution is 5.82. The minimum Gasteiger partial charge on any atom is -0.481 e. The van der Waals surface area contributed by atoms with E-state index < -0.39 is 11.4 Å². The zero-order valence-electron chi connectivity index (χ0n) is 9.70. The van der Waals surface area contributed by atoms with Crippen molar-refractivity contribution in [2.45, 2.75) is 44.4 Å². The maximum Gasteiger partial charge on any atom is 0.314 e. The fraction of sp³-hybridized carbons (Fsp3) is 0.500. The fourth-order valence-electron chi connectivity index (χ4n) is 2.44. The topological polar surface area (TPSA) is 37.3 Å². The van der Waals surface area contributed by atoms with Crippen LogP contribution in [0.25, 0.3) is 0 Å². The SMILES string of the molecule is CCCc1ccc(C2(C(=O)O)CCC2)cc1. The molecule has 2 rings (SSSR count). The van der Waals surface area contributed by atoms with Crippen molar-refractivity contribution in [2.75, 3.05) is 0 Å². The molecule has 0 atom stereocenters. The molecule has 0 aliphatic heterocycles. The van der Waals surface area contributed by atoms with Gasteiger partial charge in [-0.1, -0.05) is 44.0 Å². The standard InChI is InChI=1S/C14H18O2/c1-2-4-11-5-7-12(8-6-11)14(13(15)16)9-3-10-14/h5-8H,2-4,9-10H2,1H3,(H,15,16). The average Bonchev–Trinajstić information content (AvgIpc) is 2.18. The van der Waals surface area contributed by atoms with E-state index in [-0.39, 0.29) is 0 Å². The van der Waals surface area contributed by atoms with Crippen LogP contribution in [0.2, 0.25) is 0 Å². The van der Waals surface area contributed by atoms with E-state index in [1.54, 1.807) is 0 Å². The Morgan fingerprint density at radius 3 is 2.31 bits per heavy atom. The monoisotopic (exact) mass is 218 g/mol. The van der Waals surface area contributed by atoms with Gasteiger partial charge in [-0.2, -0.15) is 0 Å². The molecule has 1 aromatic carbocycles. The van der Waals surface area contributed by atoms with E-state index in [1.165, 1.54) is 5.56 Å². The Kier molecular flexibility index (Phi) is 2.99. The predicted molar refractivity (Wildman–Crippen MR) is 63.6 cm³/mol. The van der Waals surface area contributed by atoms with Crippen molar-refractivity contribution in [2.24, 2.45) is 0 Å². The van der Waals surface area contributed by atoms with Gasteiger partial charge in [0.05, 0.1) is 5.41 Å². The number of carboxylic acid groups (broad SMARTS) is 1. The summed E-state index contributed by atoms with van der Waals surface area (Å²) in [6, 6.07) is 8.14. The first-order valence-electron chi connectivity index (χ1n) is 6.02. The first-order valence-corrected chi connectivity index (χ1v) is 6.02. The van der Waals surface area contributed by atoms with E-state index in [0.29, 0.717) is 0 Å². The van der Waals surface area contributed by atoms with Crippen LogP contribution in [0.3, 0.4) is 0 Å². The molecule has 2 heteroatoms.